The van der Waals surface area contributed by atoms with E-state index in [1.165, 1.54) is 5.56 Å². The van der Waals surface area contributed by atoms with Crippen molar-refractivity contribution < 1.29 is 9.53 Å². The molecule has 0 aliphatic carbocycles. The molecule has 138 valence electrons. The first-order chi connectivity index (χ1) is 12.4. The number of benzene rings is 1. The molecule has 1 fully saturated rings. The minimum absolute atomic E-state index is 0.163. The fourth-order valence-corrected chi connectivity index (χ4v) is 3.47. The highest BCUT2D eigenvalue weighted by atomic mass is 16.5. The van der Waals surface area contributed by atoms with Crippen molar-refractivity contribution in [2.24, 2.45) is 0 Å². The van der Waals surface area contributed by atoms with E-state index in [-0.39, 0.29) is 6.10 Å². The van der Waals surface area contributed by atoms with Gasteiger partial charge in [0, 0.05) is 44.2 Å². The van der Waals surface area contributed by atoms with Gasteiger partial charge in [-0.25, -0.2) is 0 Å². The molecule has 0 N–H and O–H groups in total. The molecule has 0 amide bonds. The van der Waals surface area contributed by atoms with Crippen molar-refractivity contribution in [1.29, 1.82) is 0 Å². The third-order valence-corrected chi connectivity index (χ3v) is 4.75. The van der Waals surface area contributed by atoms with Gasteiger partial charge >= 0.3 is 0 Å². The number of likely N-dealkylation sites (tertiary alicyclic amines) is 1. The lowest BCUT2D eigenvalue weighted by atomic mass is 10.0. The van der Waals surface area contributed by atoms with Crippen LogP contribution in [0.5, 0.6) is 5.75 Å². The maximum absolute atomic E-state index is 11.4. The van der Waals surface area contributed by atoms with Crippen molar-refractivity contribution in [3.8, 4) is 17.0 Å². The maximum Gasteiger partial charge on any atom is 0.135 e. The first-order valence-electron chi connectivity index (χ1n) is 9.39. The van der Waals surface area contributed by atoms with Crippen molar-refractivity contribution in [3.05, 3.63) is 47.2 Å². The predicted octanol–water partition coefficient (Wildman–Crippen LogP) is 4.32. The zero-order valence-electron chi connectivity index (χ0n) is 16.2. The Labute approximate surface area is 156 Å². The second kappa shape index (κ2) is 8.00. The summed E-state index contributed by atoms with van der Waals surface area (Å²) in [4.78, 5) is 18.3. The van der Waals surface area contributed by atoms with E-state index in [9.17, 15) is 4.79 Å². The largest absolute Gasteiger partial charge is 0.490 e. The average Bonchev–Trinajstić information content (AvgIpc) is 2.60. The molecule has 3 rings (SSSR count). The highest BCUT2D eigenvalue weighted by Crippen LogP contribution is 2.30. The molecule has 0 unspecified atom stereocenters. The zero-order valence-corrected chi connectivity index (χ0v) is 16.2. The lowest BCUT2D eigenvalue weighted by Gasteiger charge is -2.25. The zero-order chi connectivity index (χ0) is 18.7. The van der Waals surface area contributed by atoms with E-state index in [1.54, 1.807) is 0 Å². The smallest absolute Gasteiger partial charge is 0.135 e. The van der Waals surface area contributed by atoms with Gasteiger partial charge in [0.25, 0.3) is 0 Å². The third-order valence-electron chi connectivity index (χ3n) is 4.75. The second-order valence-corrected chi connectivity index (χ2v) is 7.47. The maximum atomic E-state index is 11.4. The Hall–Kier alpha value is -2.20. The summed E-state index contributed by atoms with van der Waals surface area (Å²) in [6, 6.07) is 8.52. The number of aryl methyl sites for hydroxylation is 2. The monoisotopic (exact) mass is 352 g/mol. The van der Waals surface area contributed by atoms with Crippen molar-refractivity contribution in [3.63, 3.8) is 0 Å². The molecule has 1 aliphatic rings. The molecule has 0 radical (unpaired) electrons. The number of carbonyl (C=O) groups excluding carboxylic acids is 1. The molecule has 1 aromatic carbocycles. The van der Waals surface area contributed by atoms with E-state index in [0.29, 0.717) is 18.6 Å². The number of piperidine rings is 1. The lowest BCUT2D eigenvalue weighted by Crippen LogP contribution is -2.33. The fourth-order valence-electron chi connectivity index (χ4n) is 3.47. The van der Waals surface area contributed by atoms with Crippen molar-refractivity contribution in [2.45, 2.75) is 53.2 Å². The van der Waals surface area contributed by atoms with Gasteiger partial charge in [-0.3, -0.25) is 14.7 Å². The molecule has 0 saturated carbocycles. The van der Waals surface area contributed by atoms with Crippen LogP contribution in [0.4, 0.5) is 0 Å². The topological polar surface area (TPSA) is 42.4 Å². The Morgan fingerprint density at radius 2 is 1.77 bits per heavy atom. The Morgan fingerprint density at radius 3 is 2.38 bits per heavy atom. The molecule has 0 spiro atoms. The van der Waals surface area contributed by atoms with E-state index in [0.717, 1.165) is 47.8 Å². The first kappa shape index (κ1) is 18.6. The van der Waals surface area contributed by atoms with Crippen LogP contribution in [0, 0.1) is 13.8 Å². The molecule has 1 aromatic heterocycles. The van der Waals surface area contributed by atoms with E-state index in [2.05, 4.69) is 48.0 Å². The van der Waals surface area contributed by atoms with E-state index in [4.69, 9.17) is 4.74 Å². The van der Waals surface area contributed by atoms with Crippen LogP contribution >= 0.6 is 0 Å². The minimum Gasteiger partial charge on any atom is -0.490 e. The summed E-state index contributed by atoms with van der Waals surface area (Å²) in [7, 11) is 0. The van der Waals surface area contributed by atoms with Crippen LogP contribution in [0.15, 0.2) is 30.5 Å². The fraction of sp³-hybridized carbons (Fsp3) is 0.455. The van der Waals surface area contributed by atoms with Gasteiger partial charge in [0.05, 0.1) is 11.8 Å². The molecule has 0 bridgehead atoms. The number of nitrogens with zero attached hydrogens (tertiary/aromatic N) is 2. The van der Waals surface area contributed by atoms with Gasteiger partial charge in [0.1, 0.15) is 11.5 Å². The predicted molar refractivity (Wildman–Crippen MR) is 104 cm³/mol. The number of Topliss-reactive ketones (excluding diaryl/α,β-unsaturated/α-hetero) is 1. The molecule has 4 nitrogen and oxygen atoms in total. The number of carbonyl (C=O) groups is 1. The van der Waals surface area contributed by atoms with Gasteiger partial charge in [0.15, 0.2) is 0 Å². The second-order valence-electron chi connectivity index (χ2n) is 7.47. The number of rotatable bonds is 5. The van der Waals surface area contributed by atoms with Crippen LogP contribution < -0.4 is 4.74 Å². The molecular weight excluding hydrogens is 324 g/mol. The van der Waals surface area contributed by atoms with Gasteiger partial charge in [0.2, 0.25) is 0 Å². The van der Waals surface area contributed by atoms with Crippen LogP contribution in [0.25, 0.3) is 11.3 Å². The van der Waals surface area contributed by atoms with Gasteiger partial charge in [-0.1, -0.05) is 0 Å². The number of hydrogen-bond acceptors (Lipinski definition) is 4. The summed E-state index contributed by atoms with van der Waals surface area (Å²) in [6.07, 6.45) is 3.39. The molecular formula is C22H28N2O2. The summed E-state index contributed by atoms with van der Waals surface area (Å²) < 4.78 is 5.94. The molecule has 4 heteroatoms. The highest BCUT2D eigenvalue weighted by molar-refractivity contribution is 5.79. The Bertz CT molecular complexity index is 765. The lowest BCUT2D eigenvalue weighted by molar-refractivity contribution is -0.121. The van der Waals surface area contributed by atoms with Crippen LogP contribution in [-0.4, -0.2) is 34.9 Å². The van der Waals surface area contributed by atoms with Crippen LogP contribution in [0.3, 0.4) is 0 Å². The average molecular weight is 352 g/mol. The summed E-state index contributed by atoms with van der Waals surface area (Å²) in [5.74, 6) is 1.35. The Balaban J connectivity index is 1.80. The van der Waals surface area contributed by atoms with Crippen LogP contribution in [0.2, 0.25) is 0 Å². The summed E-state index contributed by atoms with van der Waals surface area (Å²) in [6.45, 7) is 10.9. The Kier molecular flexibility index (Phi) is 5.72. The van der Waals surface area contributed by atoms with E-state index < -0.39 is 0 Å². The number of ketones is 1. The first-order valence-corrected chi connectivity index (χ1v) is 9.39. The molecule has 26 heavy (non-hydrogen) atoms. The summed E-state index contributed by atoms with van der Waals surface area (Å²) >= 11 is 0. The molecule has 0 atom stereocenters. The van der Waals surface area contributed by atoms with E-state index in [1.807, 2.05) is 20.0 Å². The van der Waals surface area contributed by atoms with Gasteiger partial charge < -0.3 is 4.74 Å². The van der Waals surface area contributed by atoms with Gasteiger partial charge in [-0.15, -0.1) is 0 Å². The normalized spacial score (nSPS) is 15.5. The number of pyridine rings is 1. The molecule has 2 heterocycles. The summed E-state index contributed by atoms with van der Waals surface area (Å²) in [5, 5.41) is 0. The Morgan fingerprint density at radius 1 is 1.12 bits per heavy atom. The van der Waals surface area contributed by atoms with Crippen molar-refractivity contribution in [2.75, 3.05) is 13.1 Å². The van der Waals surface area contributed by atoms with Crippen molar-refractivity contribution >= 4 is 5.78 Å². The standard InChI is InChI=1S/C22H28N2O2/c1-15(2)26-22-16(3)11-19(12-17(22)4)21-13-18(5-8-23-21)14-24-9-6-20(25)7-10-24/h5,8,11-13,15H,6-7,9-10,14H2,1-4H3. The number of aromatic nitrogens is 1. The van der Waals surface area contributed by atoms with Crippen LogP contribution in [-0.2, 0) is 11.3 Å². The third kappa shape index (κ3) is 4.50. The molecule has 1 saturated heterocycles. The number of hydrogen-bond donors (Lipinski definition) is 0. The quantitative estimate of drug-likeness (QED) is 0.804. The van der Waals surface area contributed by atoms with Gasteiger partial charge in [-0.05, 0) is 68.7 Å². The van der Waals surface area contributed by atoms with E-state index >= 15 is 0 Å². The molecule has 1 aliphatic heterocycles. The van der Waals surface area contributed by atoms with Crippen LogP contribution in [0.1, 0.15) is 43.4 Å². The highest BCUT2D eigenvalue weighted by Gasteiger charge is 2.16. The van der Waals surface area contributed by atoms with Crippen molar-refractivity contribution in [1.82, 2.24) is 9.88 Å². The number of ether oxygens (including phenoxy) is 1. The summed E-state index contributed by atoms with van der Waals surface area (Å²) in [5.41, 5.74) is 5.61. The molecule has 2 aromatic rings. The SMILES string of the molecule is Cc1cc(-c2cc(CN3CCC(=O)CC3)ccn2)cc(C)c1OC(C)C. The van der Waals surface area contributed by atoms with Gasteiger partial charge in [-0.2, -0.15) is 0 Å². The minimum atomic E-state index is 0.163.